The summed E-state index contributed by atoms with van der Waals surface area (Å²) in [5.41, 5.74) is 3.54. The molecule has 1 aromatic heterocycles. The van der Waals surface area contributed by atoms with Crippen molar-refractivity contribution in [3.05, 3.63) is 141 Å². The predicted molar refractivity (Wildman–Crippen MR) is 196 cm³/mol. The Bertz CT molecular complexity index is 1950. The molecule has 0 aliphatic heterocycles. The van der Waals surface area contributed by atoms with Gasteiger partial charge < -0.3 is 20.7 Å². The quantitative estimate of drug-likeness (QED) is 0.0672. The monoisotopic (exact) mass is 739 g/mol. The van der Waals surface area contributed by atoms with E-state index in [1.54, 1.807) is 61.5 Å². The molecule has 0 aliphatic carbocycles. The van der Waals surface area contributed by atoms with Gasteiger partial charge in [-0.3, -0.25) is 14.4 Å². The minimum Gasteiger partial charge on any atom is -0.462 e. The lowest BCUT2D eigenvalue weighted by molar-refractivity contribution is -0.114. The molecule has 3 N–H and O–H groups in total. The zero-order valence-electron chi connectivity index (χ0n) is 25.7. The topological polar surface area (TPSA) is 114 Å². The van der Waals surface area contributed by atoms with Crippen LogP contribution in [0.5, 0.6) is 0 Å². The second kappa shape index (κ2) is 16.7. The zero-order chi connectivity index (χ0) is 33.9. The van der Waals surface area contributed by atoms with Gasteiger partial charge in [0.1, 0.15) is 16.3 Å². The van der Waals surface area contributed by atoms with Crippen molar-refractivity contribution in [3.8, 4) is 11.1 Å². The van der Waals surface area contributed by atoms with Crippen molar-refractivity contribution in [1.82, 2.24) is 5.32 Å². The van der Waals surface area contributed by atoms with Crippen LogP contribution in [-0.4, -0.2) is 36.1 Å². The van der Waals surface area contributed by atoms with Gasteiger partial charge in [0.2, 0.25) is 5.91 Å². The van der Waals surface area contributed by atoms with Crippen molar-refractivity contribution >= 4 is 79.5 Å². The van der Waals surface area contributed by atoms with E-state index in [9.17, 15) is 19.2 Å². The average Bonchev–Trinajstić information content (AvgIpc) is 3.52. The van der Waals surface area contributed by atoms with Crippen molar-refractivity contribution in [1.29, 1.82) is 0 Å². The third-order valence-electron chi connectivity index (χ3n) is 6.78. The maximum absolute atomic E-state index is 13.5. The summed E-state index contributed by atoms with van der Waals surface area (Å²) >= 11 is 5.95. The first kappa shape index (κ1) is 34.4. The Hall–Kier alpha value is -4.97. The van der Waals surface area contributed by atoms with Crippen molar-refractivity contribution in [2.45, 2.75) is 11.8 Å². The summed E-state index contributed by atoms with van der Waals surface area (Å²) in [5.74, 6) is -1.68. The number of benzene rings is 4. The van der Waals surface area contributed by atoms with Gasteiger partial charge in [0.25, 0.3) is 11.8 Å². The number of carbonyl (C=O) groups excluding carboxylic acids is 4. The first-order valence-electron chi connectivity index (χ1n) is 14.8. The number of carbonyl (C=O) groups is 4. The highest BCUT2D eigenvalue weighted by Gasteiger charge is 2.23. The van der Waals surface area contributed by atoms with Gasteiger partial charge in [-0.2, -0.15) is 0 Å². The fourth-order valence-corrected chi connectivity index (χ4v) is 6.52. The Labute approximate surface area is 294 Å². The number of anilines is 2. The minimum absolute atomic E-state index is 0.0556. The molecule has 8 nitrogen and oxygen atoms in total. The standard InChI is InChI=1S/C37H30BrN3O5S2/c1-2-46-37(45)33-30(25-10-5-3-6-11-25)22-48-36(33)41-32(42)23-47-29-15-9-14-28(21-29)39-35(44)31(20-24-16-18-27(38)19-17-24)40-34(43)26-12-7-4-8-13-26/h3-22H,2,23H2,1H3,(H,39,44)(H,40,43)(H,41,42)/b31-20+. The van der Waals surface area contributed by atoms with E-state index in [1.165, 1.54) is 23.1 Å². The summed E-state index contributed by atoms with van der Waals surface area (Å²) < 4.78 is 6.17. The second-order valence-corrected chi connectivity index (χ2v) is 13.0. The molecule has 0 saturated carbocycles. The van der Waals surface area contributed by atoms with Crippen LogP contribution in [0.4, 0.5) is 10.7 Å². The highest BCUT2D eigenvalue weighted by atomic mass is 79.9. The molecule has 0 spiro atoms. The number of hydrogen-bond donors (Lipinski definition) is 3. The smallest absolute Gasteiger partial charge is 0.341 e. The molecule has 0 unspecified atom stereocenters. The number of rotatable bonds is 12. The molecule has 5 rings (SSSR count). The Kier molecular flexibility index (Phi) is 12.0. The van der Waals surface area contributed by atoms with Gasteiger partial charge in [-0.1, -0.05) is 82.7 Å². The minimum atomic E-state index is -0.513. The van der Waals surface area contributed by atoms with Gasteiger partial charge in [0, 0.05) is 31.6 Å². The first-order chi connectivity index (χ1) is 23.3. The molecule has 0 radical (unpaired) electrons. The zero-order valence-corrected chi connectivity index (χ0v) is 28.9. The van der Waals surface area contributed by atoms with Gasteiger partial charge in [-0.25, -0.2) is 4.79 Å². The van der Waals surface area contributed by atoms with Crippen LogP contribution in [0.2, 0.25) is 0 Å². The van der Waals surface area contributed by atoms with E-state index in [2.05, 4.69) is 31.9 Å². The van der Waals surface area contributed by atoms with Gasteiger partial charge in [0.15, 0.2) is 0 Å². The number of thioether (sulfide) groups is 1. The van der Waals surface area contributed by atoms with Gasteiger partial charge >= 0.3 is 5.97 Å². The normalized spacial score (nSPS) is 11.0. The highest BCUT2D eigenvalue weighted by Crippen LogP contribution is 2.36. The van der Waals surface area contributed by atoms with Gasteiger partial charge in [-0.15, -0.1) is 23.1 Å². The Balaban J connectivity index is 1.27. The van der Waals surface area contributed by atoms with Crippen molar-refractivity contribution < 1.29 is 23.9 Å². The van der Waals surface area contributed by atoms with Crippen LogP contribution in [0.15, 0.2) is 130 Å². The van der Waals surface area contributed by atoms with Crippen molar-refractivity contribution in [3.63, 3.8) is 0 Å². The number of amides is 3. The fraction of sp³-hybridized carbons (Fsp3) is 0.0811. The van der Waals surface area contributed by atoms with E-state index in [0.29, 0.717) is 27.4 Å². The fourth-order valence-electron chi connectivity index (χ4n) is 4.53. The van der Waals surface area contributed by atoms with Crippen LogP contribution in [-0.2, 0) is 14.3 Å². The van der Waals surface area contributed by atoms with E-state index in [0.717, 1.165) is 20.5 Å². The van der Waals surface area contributed by atoms with E-state index in [4.69, 9.17) is 4.74 Å². The van der Waals surface area contributed by atoms with Gasteiger partial charge in [-0.05, 0) is 66.6 Å². The molecule has 0 fully saturated rings. The third kappa shape index (κ3) is 9.31. The van der Waals surface area contributed by atoms with Crippen LogP contribution >= 0.6 is 39.0 Å². The Morgan fingerprint density at radius 1 is 0.854 bits per heavy atom. The van der Waals surface area contributed by atoms with E-state index in [1.807, 2.05) is 66.0 Å². The van der Waals surface area contributed by atoms with E-state index >= 15 is 0 Å². The van der Waals surface area contributed by atoms with Crippen LogP contribution < -0.4 is 16.0 Å². The summed E-state index contributed by atoms with van der Waals surface area (Å²) in [5, 5.41) is 10.7. The molecule has 0 aliphatic rings. The summed E-state index contributed by atoms with van der Waals surface area (Å²) in [4.78, 5) is 53.0. The van der Waals surface area contributed by atoms with E-state index in [-0.39, 0.29) is 24.0 Å². The van der Waals surface area contributed by atoms with Crippen molar-refractivity contribution in [2.24, 2.45) is 0 Å². The SMILES string of the molecule is CCOC(=O)c1c(-c2ccccc2)csc1NC(=O)CSc1cccc(NC(=O)/C(=C\c2ccc(Br)cc2)NC(=O)c2ccccc2)c1. The Morgan fingerprint density at radius 2 is 1.56 bits per heavy atom. The molecule has 5 aromatic rings. The summed E-state index contributed by atoms with van der Waals surface area (Å²) in [6, 6.07) is 32.5. The predicted octanol–water partition coefficient (Wildman–Crippen LogP) is 8.49. The number of thiophene rings is 1. The molecule has 4 aromatic carbocycles. The molecule has 48 heavy (non-hydrogen) atoms. The van der Waals surface area contributed by atoms with Gasteiger partial charge in [0.05, 0.1) is 12.4 Å². The first-order valence-corrected chi connectivity index (χ1v) is 17.5. The lowest BCUT2D eigenvalue weighted by Crippen LogP contribution is -2.30. The number of halogens is 1. The molecular weight excluding hydrogens is 710 g/mol. The average molecular weight is 741 g/mol. The largest absolute Gasteiger partial charge is 0.462 e. The molecule has 0 atom stereocenters. The maximum Gasteiger partial charge on any atom is 0.341 e. The lowest BCUT2D eigenvalue weighted by atomic mass is 10.0. The molecule has 1 heterocycles. The molecule has 0 saturated heterocycles. The van der Waals surface area contributed by atoms with Crippen LogP contribution in [0.1, 0.15) is 33.2 Å². The number of ether oxygens (including phenoxy) is 1. The highest BCUT2D eigenvalue weighted by molar-refractivity contribution is 9.10. The maximum atomic E-state index is 13.5. The molecule has 0 bridgehead atoms. The molecule has 3 amide bonds. The lowest BCUT2D eigenvalue weighted by Gasteiger charge is -2.12. The Morgan fingerprint density at radius 3 is 2.27 bits per heavy atom. The molecule has 11 heteroatoms. The second-order valence-electron chi connectivity index (χ2n) is 10.2. The number of nitrogens with one attached hydrogen (secondary N) is 3. The molecule has 242 valence electrons. The third-order valence-corrected chi connectivity index (χ3v) is 9.20. The van der Waals surface area contributed by atoms with Crippen LogP contribution in [0.3, 0.4) is 0 Å². The summed E-state index contributed by atoms with van der Waals surface area (Å²) in [7, 11) is 0. The summed E-state index contributed by atoms with van der Waals surface area (Å²) in [6.07, 6.45) is 1.60. The van der Waals surface area contributed by atoms with E-state index < -0.39 is 17.8 Å². The van der Waals surface area contributed by atoms with Crippen molar-refractivity contribution in [2.75, 3.05) is 23.0 Å². The molecular formula is C37H30BrN3O5S2. The number of hydrogen-bond acceptors (Lipinski definition) is 7. The van der Waals surface area contributed by atoms with Crippen LogP contribution in [0.25, 0.3) is 17.2 Å². The number of esters is 1. The summed E-state index contributed by atoms with van der Waals surface area (Å²) in [6.45, 7) is 1.94. The van der Waals surface area contributed by atoms with Crippen LogP contribution in [0, 0.1) is 0 Å².